The smallest absolute Gasteiger partial charge is 0.0472 e. The lowest BCUT2D eigenvalue weighted by Gasteiger charge is -2.31. The molecule has 1 aromatic heterocycles. The number of fused-ring (bicyclic) bond motifs is 1. The Morgan fingerprint density at radius 3 is 2.90 bits per heavy atom. The van der Waals surface area contributed by atoms with E-state index in [4.69, 9.17) is 11.6 Å². The SMILES string of the molecule is CCN1CCC(NCc2c[nH]c3cc(Cl)ccc23)CC1. The lowest BCUT2D eigenvalue weighted by atomic mass is 10.0. The van der Waals surface area contributed by atoms with Crippen LogP contribution < -0.4 is 5.32 Å². The van der Waals surface area contributed by atoms with Crippen LogP contribution >= 0.6 is 11.6 Å². The molecule has 2 heterocycles. The minimum Gasteiger partial charge on any atom is -0.361 e. The van der Waals surface area contributed by atoms with Crippen molar-refractivity contribution in [3.8, 4) is 0 Å². The number of nitrogens with one attached hydrogen (secondary N) is 2. The molecule has 0 radical (unpaired) electrons. The largest absolute Gasteiger partial charge is 0.361 e. The van der Waals surface area contributed by atoms with E-state index in [-0.39, 0.29) is 0 Å². The quantitative estimate of drug-likeness (QED) is 0.905. The summed E-state index contributed by atoms with van der Waals surface area (Å²) >= 11 is 6.01. The Kier molecular flexibility index (Phi) is 4.29. The van der Waals surface area contributed by atoms with E-state index in [0.717, 1.165) is 17.1 Å². The average Bonchev–Trinajstić information content (AvgIpc) is 2.88. The van der Waals surface area contributed by atoms with Gasteiger partial charge >= 0.3 is 0 Å². The van der Waals surface area contributed by atoms with Crippen molar-refractivity contribution in [1.82, 2.24) is 15.2 Å². The molecule has 4 heteroatoms. The number of nitrogens with zero attached hydrogens (tertiary/aromatic N) is 1. The van der Waals surface area contributed by atoms with E-state index < -0.39 is 0 Å². The molecular formula is C16H22ClN3. The van der Waals surface area contributed by atoms with Crippen LogP contribution in [0.5, 0.6) is 0 Å². The molecule has 20 heavy (non-hydrogen) atoms. The Bertz CT molecular complexity index is 570. The highest BCUT2D eigenvalue weighted by atomic mass is 35.5. The molecular weight excluding hydrogens is 270 g/mol. The van der Waals surface area contributed by atoms with E-state index in [9.17, 15) is 0 Å². The molecule has 0 saturated carbocycles. The van der Waals surface area contributed by atoms with Crippen molar-refractivity contribution in [2.45, 2.75) is 32.4 Å². The van der Waals surface area contributed by atoms with Crippen molar-refractivity contribution >= 4 is 22.5 Å². The van der Waals surface area contributed by atoms with Gasteiger partial charge in [0, 0.05) is 34.7 Å². The highest BCUT2D eigenvalue weighted by Gasteiger charge is 2.17. The van der Waals surface area contributed by atoms with Gasteiger partial charge in [-0.1, -0.05) is 24.6 Å². The maximum absolute atomic E-state index is 6.01. The second kappa shape index (κ2) is 6.17. The summed E-state index contributed by atoms with van der Waals surface area (Å²) in [6, 6.07) is 6.70. The number of halogens is 1. The second-order valence-electron chi connectivity index (χ2n) is 5.59. The van der Waals surface area contributed by atoms with Crippen LogP contribution in [0.3, 0.4) is 0 Å². The van der Waals surface area contributed by atoms with Gasteiger partial charge in [0.25, 0.3) is 0 Å². The van der Waals surface area contributed by atoms with Gasteiger partial charge in [-0.2, -0.15) is 0 Å². The molecule has 0 bridgehead atoms. The Labute approximate surface area is 125 Å². The second-order valence-corrected chi connectivity index (χ2v) is 6.03. The predicted octanol–water partition coefficient (Wildman–Crippen LogP) is 3.40. The summed E-state index contributed by atoms with van der Waals surface area (Å²) in [6.45, 7) is 6.79. The Morgan fingerprint density at radius 1 is 1.35 bits per heavy atom. The first-order valence-electron chi connectivity index (χ1n) is 7.47. The molecule has 3 nitrogen and oxygen atoms in total. The van der Waals surface area contributed by atoms with Gasteiger partial charge in [0.2, 0.25) is 0 Å². The first kappa shape index (κ1) is 13.9. The predicted molar refractivity (Wildman–Crippen MR) is 85.3 cm³/mol. The van der Waals surface area contributed by atoms with Crippen LogP contribution in [0.15, 0.2) is 24.4 Å². The van der Waals surface area contributed by atoms with Gasteiger partial charge in [0.1, 0.15) is 0 Å². The van der Waals surface area contributed by atoms with Gasteiger partial charge in [-0.25, -0.2) is 0 Å². The van der Waals surface area contributed by atoms with E-state index in [1.54, 1.807) is 0 Å². The zero-order chi connectivity index (χ0) is 13.9. The van der Waals surface area contributed by atoms with Gasteiger partial charge in [0.05, 0.1) is 0 Å². The molecule has 1 fully saturated rings. The van der Waals surface area contributed by atoms with Crippen LogP contribution in [0.2, 0.25) is 5.02 Å². The fraction of sp³-hybridized carbons (Fsp3) is 0.500. The monoisotopic (exact) mass is 291 g/mol. The molecule has 0 aliphatic carbocycles. The van der Waals surface area contributed by atoms with Crippen molar-refractivity contribution in [3.63, 3.8) is 0 Å². The number of hydrogen-bond donors (Lipinski definition) is 2. The first-order valence-corrected chi connectivity index (χ1v) is 7.85. The summed E-state index contributed by atoms with van der Waals surface area (Å²) < 4.78 is 0. The van der Waals surface area contributed by atoms with Crippen LogP contribution in [-0.4, -0.2) is 35.6 Å². The minimum atomic E-state index is 0.648. The molecule has 0 atom stereocenters. The summed E-state index contributed by atoms with van der Waals surface area (Å²) in [7, 11) is 0. The summed E-state index contributed by atoms with van der Waals surface area (Å²) in [4.78, 5) is 5.82. The third-order valence-corrected chi connectivity index (χ3v) is 4.58. The van der Waals surface area contributed by atoms with E-state index >= 15 is 0 Å². The van der Waals surface area contributed by atoms with Gasteiger partial charge in [0.15, 0.2) is 0 Å². The first-order chi connectivity index (χ1) is 9.76. The van der Waals surface area contributed by atoms with Crippen LogP contribution in [0.4, 0.5) is 0 Å². The summed E-state index contributed by atoms with van der Waals surface area (Å²) in [5.74, 6) is 0. The van der Waals surface area contributed by atoms with Crippen LogP contribution in [0.1, 0.15) is 25.3 Å². The summed E-state index contributed by atoms with van der Waals surface area (Å²) in [6.07, 6.45) is 4.60. The molecule has 108 valence electrons. The summed E-state index contributed by atoms with van der Waals surface area (Å²) in [5.41, 5.74) is 2.45. The lowest BCUT2D eigenvalue weighted by molar-refractivity contribution is 0.206. The highest BCUT2D eigenvalue weighted by Crippen LogP contribution is 2.22. The molecule has 1 aliphatic rings. The third-order valence-electron chi connectivity index (χ3n) is 4.35. The third kappa shape index (κ3) is 3.00. The van der Waals surface area contributed by atoms with Gasteiger partial charge in [-0.05, 0) is 50.2 Å². The van der Waals surface area contributed by atoms with Crippen LogP contribution in [0.25, 0.3) is 10.9 Å². The van der Waals surface area contributed by atoms with E-state index in [2.05, 4.69) is 34.4 Å². The topological polar surface area (TPSA) is 31.1 Å². The van der Waals surface area contributed by atoms with Crippen molar-refractivity contribution in [2.24, 2.45) is 0 Å². The zero-order valence-corrected chi connectivity index (χ0v) is 12.7. The van der Waals surface area contributed by atoms with Crippen molar-refractivity contribution in [2.75, 3.05) is 19.6 Å². The zero-order valence-electron chi connectivity index (χ0n) is 12.0. The van der Waals surface area contributed by atoms with Gasteiger partial charge in [-0.3, -0.25) is 0 Å². The fourth-order valence-electron chi connectivity index (χ4n) is 3.01. The lowest BCUT2D eigenvalue weighted by Crippen LogP contribution is -2.42. The molecule has 2 N–H and O–H groups in total. The molecule has 1 aromatic carbocycles. The van der Waals surface area contributed by atoms with Crippen LogP contribution in [0, 0.1) is 0 Å². The number of aromatic amines is 1. The molecule has 1 saturated heterocycles. The number of benzene rings is 1. The van der Waals surface area contributed by atoms with E-state index in [1.807, 2.05) is 12.1 Å². The maximum atomic E-state index is 6.01. The number of rotatable bonds is 4. The summed E-state index contributed by atoms with van der Waals surface area (Å²) in [5, 5.41) is 5.75. The molecule has 1 aliphatic heterocycles. The van der Waals surface area contributed by atoms with Crippen molar-refractivity contribution < 1.29 is 0 Å². The van der Waals surface area contributed by atoms with E-state index in [1.165, 1.54) is 43.4 Å². The number of piperidine rings is 1. The van der Waals surface area contributed by atoms with Crippen molar-refractivity contribution in [1.29, 1.82) is 0 Å². The standard InChI is InChI=1S/C16H22ClN3/c1-2-20-7-5-14(6-8-20)18-10-12-11-19-16-9-13(17)3-4-15(12)16/h3-4,9,11,14,18-19H,2,5-8,10H2,1H3. The number of hydrogen-bond acceptors (Lipinski definition) is 2. The van der Waals surface area contributed by atoms with Gasteiger partial charge < -0.3 is 15.2 Å². The number of aromatic nitrogens is 1. The van der Waals surface area contributed by atoms with Crippen molar-refractivity contribution in [3.05, 3.63) is 35.0 Å². The average molecular weight is 292 g/mol. The normalized spacial score (nSPS) is 17.9. The fourth-order valence-corrected chi connectivity index (χ4v) is 3.18. The molecule has 0 amide bonds. The highest BCUT2D eigenvalue weighted by molar-refractivity contribution is 6.31. The Hall–Kier alpha value is -1.03. The van der Waals surface area contributed by atoms with E-state index in [0.29, 0.717) is 6.04 Å². The number of likely N-dealkylation sites (tertiary alicyclic amines) is 1. The molecule has 0 spiro atoms. The maximum Gasteiger partial charge on any atom is 0.0472 e. The molecule has 0 unspecified atom stereocenters. The Morgan fingerprint density at radius 2 is 2.15 bits per heavy atom. The van der Waals surface area contributed by atoms with Gasteiger partial charge in [-0.15, -0.1) is 0 Å². The minimum absolute atomic E-state index is 0.648. The van der Waals surface area contributed by atoms with Crippen LogP contribution in [-0.2, 0) is 6.54 Å². The number of H-pyrrole nitrogens is 1. The Balaban J connectivity index is 1.60. The molecule has 2 aromatic rings. The molecule has 3 rings (SSSR count).